The van der Waals surface area contributed by atoms with Gasteiger partial charge in [0.25, 0.3) is 0 Å². The number of halogens is 1. The molecule has 0 atom stereocenters. The van der Waals surface area contributed by atoms with Crippen LogP contribution in [-0.4, -0.2) is 18.0 Å². The molecule has 0 aliphatic rings. The molecule has 2 N–H and O–H groups in total. The van der Waals surface area contributed by atoms with Gasteiger partial charge in [-0.15, -0.1) is 0 Å². The molecule has 2 aromatic rings. The van der Waals surface area contributed by atoms with Crippen molar-refractivity contribution >= 4 is 28.4 Å². The highest BCUT2D eigenvalue weighted by Crippen LogP contribution is 2.29. The molecule has 1 amide bonds. The molecular formula is C13H15ClN2O2. The van der Waals surface area contributed by atoms with Crippen molar-refractivity contribution in [1.82, 2.24) is 10.3 Å². The molecule has 0 radical (unpaired) electrons. The second-order valence-electron chi connectivity index (χ2n) is 4.00. The van der Waals surface area contributed by atoms with Gasteiger partial charge in [-0.2, -0.15) is 0 Å². The Morgan fingerprint density at radius 3 is 2.89 bits per heavy atom. The van der Waals surface area contributed by atoms with Gasteiger partial charge in [0.1, 0.15) is 5.75 Å². The highest BCUT2D eigenvalue weighted by Gasteiger charge is 2.07. The lowest BCUT2D eigenvalue weighted by atomic mass is 10.2. The number of aromatic amines is 1. The maximum atomic E-state index is 11.2. The number of nitrogens with one attached hydrogen (secondary N) is 2. The number of carbonyl (C=O) groups is 1. The minimum absolute atomic E-state index is 0.0317. The van der Waals surface area contributed by atoms with E-state index < -0.39 is 0 Å². The van der Waals surface area contributed by atoms with Crippen molar-refractivity contribution in [2.75, 3.05) is 7.11 Å². The third-order valence-electron chi connectivity index (χ3n) is 2.75. The number of H-pyrrole nitrogens is 1. The SMILES string of the molecule is CCC(=O)NCc1cc2cc(Cl)c(OC)cc2[nH]1. The summed E-state index contributed by atoms with van der Waals surface area (Å²) >= 11 is 6.05. The van der Waals surface area contributed by atoms with Gasteiger partial charge < -0.3 is 15.0 Å². The molecule has 1 aromatic heterocycles. The molecular weight excluding hydrogens is 252 g/mol. The van der Waals surface area contributed by atoms with Crippen LogP contribution in [0.3, 0.4) is 0 Å². The van der Waals surface area contributed by atoms with Crippen LogP contribution in [0.5, 0.6) is 5.75 Å². The summed E-state index contributed by atoms with van der Waals surface area (Å²) in [5.41, 5.74) is 1.88. The summed E-state index contributed by atoms with van der Waals surface area (Å²) in [5.74, 6) is 0.666. The highest BCUT2D eigenvalue weighted by molar-refractivity contribution is 6.32. The number of benzene rings is 1. The van der Waals surface area contributed by atoms with Gasteiger partial charge in [-0.05, 0) is 12.1 Å². The zero-order chi connectivity index (χ0) is 13.1. The molecule has 0 saturated heterocycles. The molecule has 0 bridgehead atoms. The molecule has 0 saturated carbocycles. The fourth-order valence-electron chi connectivity index (χ4n) is 1.76. The van der Waals surface area contributed by atoms with Gasteiger partial charge in [0.05, 0.1) is 18.7 Å². The minimum atomic E-state index is 0.0317. The summed E-state index contributed by atoms with van der Waals surface area (Å²) < 4.78 is 5.16. The lowest BCUT2D eigenvalue weighted by molar-refractivity contribution is -0.120. The molecule has 0 unspecified atom stereocenters. The molecule has 1 aromatic carbocycles. The zero-order valence-corrected chi connectivity index (χ0v) is 11.1. The molecule has 0 spiro atoms. The summed E-state index contributed by atoms with van der Waals surface area (Å²) in [5, 5.41) is 4.40. The molecule has 5 heteroatoms. The number of carbonyl (C=O) groups excluding carboxylic acids is 1. The third-order valence-corrected chi connectivity index (χ3v) is 3.04. The van der Waals surface area contributed by atoms with E-state index in [0.29, 0.717) is 23.7 Å². The van der Waals surface area contributed by atoms with E-state index in [4.69, 9.17) is 16.3 Å². The zero-order valence-electron chi connectivity index (χ0n) is 10.3. The van der Waals surface area contributed by atoms with E-state index in [1.54, 1.807) is 7.11 Å². The van der Waals surface area contributed by atoms with E-state index in [1.807, 2.05) is 25.1 Å². The van der Waals surface area contributed by atoms with Gasteiger partial charge in [0.15, 0.2) is 0 Å². The predicted octanol–water partition coefficient (Wildman–Crippen LogP) is 2.86. The number of methoxy groups -OCH3 is 1. The molecule has 2 rings (SSSR count). The number of amides is 1. The van der Waals surface area contributed by atoms with E-state index in [1.165, 1.54) is 0 Å². The molecule has 96 valence electrons. The van der Waals surface area contributed by atoms with E-state index >= 15 is 0 Å². The van der Waals surface area contributed by atoms with Crippen molar-refractivity contribution in [3.63, 3.8) is 0 Å². The van der Waals surface area contributed by atoms with Crippen molar-refractivity contribution in [3.05, 3.63) is 28.9 Å². The summed E-state index contributed by atoms with van der Waals surface area (Å²) in [6.45, 7) is 2.31. The third kappa shape index (κ3) is 2.59. The Morgan fingerprint density at radius 1 is 1.44 bits per heavy atom. The van der Waals surface area contributed by atoms with E-state index in [2.05, 4.69) is 10.3 Å². The first-order chi connectivity index (χ1) is 8.63. The molecule has 0 fully saturated rings. The molecule has 0 aliphatic heterocycles. The van der Waals surface area contributed by atoms with Crippen molar-refractivity contribution in [2.45, 2.75) is 19.9 Å². The number of ether oxygens (including phenoxy) is 1. The van der Waals surface area contributed by atoms with E-state index in [0.717, 1.165) is 16.6 Å². The monoisotopic (exact) mass is 266 g/mol. The molecule has 1 heterocycles. The number of hydrogen-bond acceptors (Lipinski definition) is 2. The first-order valence-corrected chi connectivity index (χ1v) is 6.13. The Morgan fingerprint density at radius 2 is 2.22 bits per heavy atom. The van der Waals surface area contributed by atoms with Crippen molar-refractivity contribution in [1.29, 1.82) is 0 Å². The Kier molecular flexibility index (Phi) is 3.77. The topological polar surface area (TPSA) is 54.1 Å². The van der Waals surface area contributed by atoms with Crippen molar-refractivity contribution in [2.24, 2.45) is 0 Å². The van der Waals surface area contributed by atoms with Crippen LogP contribution < -0.4 is 10.1 Å². The quantitative estimate of drug-likeness (QED) is 0.894. The number of rotatable bonds is 4. The van der Waals surface area contributed by atoms with Gasteiger partial charge in [-0.3, -0.25) is 4.79 Å². The van der Waals surface area contributed by atoms with Gasteiger partial charge in [0, 0.05) is 29.1 Å². The van der Waals surface area contributed by atoms with Crippen LogP contribution in [-0.2, 0) is 11.3 Å². The number of aromatic nitrogens is 1. The van der Waals surface area contributed by atoms with Crippen LogP contribution in [0.1, 0.15) is 19.0 Å². The summed E-state index contributed by atoms with van der Waals surface area (Å²) in [6, 6.07) is 5.66. The average molecular weight is 267 g/mol. The maximum absolute atomic E-state index is 11.2. The first kappa shape index (κ1) is 12.8. The minimum Gasteiger partial charge on any atom is -0.495 e. The number of fused-ring (bicyclic) bond motifs is 1. The van der Waals surface area contributed by atoms with Gasteiger partial charge >= 0.3 is 0 Å². The Hall–Kier alpha value is -1.68. The Bertz CT molecular complexity index is 578. The predicted molar refractivity (Wildman–Crippen MR) is 72.0 cm³/mol. The lowest BCUT2D eigenvalue weighted by Crippen LogP contribution is -2.21. The van der Waals surface area contributed by atoms with Gasteiger partial charge in [-0.1, -0.05) is 18.5 Å². The lowest BCUT2D eigenvalue weighted by Gasteiger charge is -2.02. The summed E-state index contributed by atoms with van der Waals surface area (Å²) in [4.78, 5) is 14.4. The van der Waals surface area contributed by atoms with E-state index in [-0.39, 0.29) is 5.91 Å². The van der Waals surface area contributed by atoms with Crippen LogP contribution in [0, 0.1) is 0 Å². The van der Waals surface area contributed by atoms with Crippen LogP contribution >= 0.6 is 11.6 Å². The first-order valence-electron chi connectivity index (χ1n) is 5.76. The van der Waals surface area contributed by atoms with E-state index in [9.17, 15) is 4.79 Å². The second-order valence-corrected chi connectivity index (χ2v) is 4.41. The Labute approximate surface area is 110 Å². The van der Waals surface area contributed by atoms with Gasteiger partial charge in [0.2, 0.25) is 5.91 Å². The van der Waals surface area contributed by atoms with Crippen LogP contribution in [0.25, 0.3) is 10.9 Å². The standard InChI is InChI=1S/C13H15ClN2O2/c1-3-13(17)15-7-9-4-8-5-10(14)12(18-2)6-11(8)16-9/h4-6,16H,3,7H2,1-2H3,(H,15,17). The second kappa shape index (κ2) is 5.31. The Balaban J connectivity index is 2.24. The van der Waals surface area contributed by atoms with Crippen molar-refractivity contribution < 1.29 is 9.53 Å². The van der Waals surface area contributed by atoms with Crippen LogP contribution in [0.15, 0.2) is 18.2 Å². The fourth-order valence-corrected chi connectivity index (χ4v) is 2.01. The molecule has 18 heavy (non-hydrogen) atoms. The van der Waals surface area contributed by atoms with Crippen LogP contribution in [0.2, 0.25) is 5.02 Å². The van der Waals surface area contributed by atoms with Crippen LogP contribution in [0.4, 0.5) is 0 Å². The summed E-state index contributed by atoms with van der Waals surface area (Å²) in [7, 11) is 1.58. The molecule has 4 nitrogen and oxygen atoms in total. The maximum Gasteiger partial charge on any atom is 0.220 e. The number of hydrogen-bond donors (Lipinski definition) is 2. The summed E-state index contributed by atoms with van der Waals surface area (Å²) in [6.07, 6.45) is 0.486. The average Bonchev–Trinajstić information content (AvgIpc) is 2.76. The van der Waals surface area contributed by atoms with Gasteiger partial charge in [-0.25, -0.2) is 0 Å². The molecule has 0 aliphatic carbocycles. The smallest absolute Gasteiger partial charge is 0.220 e. The highest BCUT2D eigenvalue weighted by atomic mass is 35.5. The normalized spacial score (nSPS) is 10.6. The largest absolute Gasteiger partial charge is 0.495 e. The van der Waals surface area contributed by atoms with Crippen molar-refractivity contribution in [3.8, 4) is 5.75 Å². The fraction of sp³-hybridized carbons (Fsp3) is 0.308.